The number of amides is 1. The van der Waals surface area contributed by atoms with Gasteiger partial charge in [0.05, 0.1) is 13.0 Å². The van der Waals surface area contributed by atoms with Crippen LogP contribution in [0.15, 0.2) is 48.5 Å². The minimum atomic E-state index is -0.501. The summed E-state index contributed by atoms with van der Waals surface area (Å²) in [4.78, 5) is 12.0. The predicted octanol–water partition coefficient (Wildman–Crippen LogP) is 2.92. The number of hydrogen-bond acceptors (Lipinski definition) is 2. The fourth-order valence-electron chi connectivity index (χ4n) is 1.82. The minimum absolute atomic E-state index is 0.158. The van der Waals surface area contributed by atoms with Crippen LogP contribution in [0.2, 0.25) is 5.02 Å². The van der Waals surface area contributed by atoms with Gasteiger partial charge in [0.25, 0.3) is 0 Å². The average molecular weight is 293 g/mol. The van der Waals surface area contributed by atoms with Crippen molar-refractivity contribution < 1.29 is 9.18 Å². The van der Waals surface area contributed by atoms with Gasteiger partial charge >= 0.3 is 0 Å². The van der Waals surface area contributed by atoms with Gasteiger partial charge in [-0.05, 0) is 17.7 Å². The van der Waals surface area contributed by atoms with Crippen molar-refractivity contribution in [1.82, 2.24) is 5.01 Å². The van der Waals surface area contributed by atoms with E-state index in [2.05, 4.69) is 0 Å². The summed E-state index contributed by atoms with van der Waals surface area (Å²) < 4.78 is 13.6. The molecule has 2 aromatic rings. The van der Waals surface area contributed by atoms with Crippen molar-refractivity contribution in [3.05, 3.63) is 70.5 Å². The number of benzene rings is 2. The Morgan fingerprint density at radius 1 is 1.15 bits per heavy atom. The summed E-state index contributed by atoms with van der Waals surface area (Å²) in [7, 11) is 0. The highest BCUT2D eigenvalue weighted by Crippen LogP contribution is 2.20. The van der Waals surface area contributed by atoms with Gasteiger partial charge in [-0.2, -0.15) is 0 Å². The summed E-state index contributed by atoms with van der Waals surface area (Å²) in [6.07, 6.45) is -0.158. The van der Waals surface area contributed by atoms with E-state index in [1.165, 1.54) is 12.1 Å². The maximum Gasteiger partial charge on any atom is 0.241 e. The molecule has 0 aliphatic rings. The van der Waals surface area contributed by atoms with Crippen LogP contribution in [-0.4, -0.2) is 10.9 Å². The lowest BCUT2D eigenvalue weighted by atomic mass is 10.1. The molecule has 5 heteroatoms. The molecule has 0 aliphatic carbocycles. The number of nitrogens with two attached hydrogens (primary N) is 1. The van der Waals surface area contributed by atoms with Crippen LogP contribution >= 0.6 is 11.6 Å². The van der Waals surface area contributed by atoms with E-state index in [0.29, 0.717) is 0 Å². The fraction of sp³-hybridized carbons (Fsp3) is 0.133. The Kier molecular flexibility index (Phi) is 4.71. The molecule has 104 valence electrons. The third-order valence-electron chi connectivity index (χ3n) is 2.91. The molecule has 0 unspecified atom stereocenters. The SMILES string of the molecule is NN(Cc1ccccc1)C(=O)Cc1c(F)cccc1Cl. The molecule has 0 saturated heterocycles. The quantitative estimate of drug-likeness (QED) is 0.535. The van der Waals surface area contributed by atoms with Crippen LogP contribution in [0.25, 0.3) is 0 Å². The first kappa shape index (κ1) is 14.5. The molecule has 0 fully saturated rings. The topological polar surface area (TPSA) is 46.3 Å². The van der Waals surface area contributed by atoms with Crippen molar-refractivity contribution in [3.8, 4) is 0 Å². The predicted molar refractivity (Wildman–Crippen MR) is 76.3 cm³/mol. The second-order valence-corrected chi connectivity index (χ2v) is 4.79. The third kappa shape index (κ3) is 3.56. The maximum atomic E-state index is 13.6. The summed E-state index contributed by atoms with van der Waals surface area (Å²) in [5, 5.41) is 1.30. The monoisotopic (exact) mass is 292 g/mol. The van der Waals surface area contributed by atoms with Crippen LogP contribution in [0.4, 0.5) is 4.39 Å². The van der Waals surface area contributed by atoms with Crippen molar-refractivity contribution in [1.29, 1.82) is 0 Å². The normalized spacial score (nSPS) is 10.3. The Morgan fingerprint density at radius 3 is 2.50 bits per heavy atom. The molecule has 0 saturated carbocycles. The van der Waals surface area contributed by atoms with E-state index in [0.717, 1.165) is 10.6 Å². The molecule has 0 atom stereocenters. The molecule has 3 nitrogen and oxygen atoms in total. The van der Waals surface area contributed by atoms with Crippen molar-refractivity contribution >= 4 is 17.5 Å². The van der Waals surface area contributed by atoms with Crippen molar-refractivity contribution in [2.75, 3.05) is 0 Å². The Labute approximate surface area is 121 Å². The van der Waals surface area contributed by atoms with Crippen LogP contribution in [-0.2, 0) is 17.8 Å². The van der Waals surface area contributed by atoms with Crippen LogP contribution < -0.4 is 5.84 Å². The average Bonchev–Trinajstić information content (AvgIpc) is 2.44. The molecule has 0 spiro atoms. The Morgan fingerprint density at radius 2 is 1.85 bits per heavy atom. The molecule has 2 aromatic carbocycles. The second kappa shape index (κ2) is 6.50. The Bertz CT molecular complexity index is 584. The molecule has 2 N–H and O–H groups in total. The summed E-state index contributed by atoms with van der Waals surface area (Å²) in [5.41, 5.74) is 1.07. The zero-order chi connectivity index (χ0) is 14.5. The molecule has 0 aromatic heterocycles. The Hall–Kier alpha value is -1.91. The number of carbonyl (C=O) groups is 1. The number of hydrazine groups is 1. The van der Waals surface area contributed by atoms with Gasteiger partial charge < -0.3 is 0 Å². The lowest BCUT2D eigenvalue weighted by Crippen LogP contribution is -2.38. The first-order chi connectivity index (χ1) is 9.58. The van der Waals surface area contributed by atoms with Gasteiger partial charge in [-0.3, -0.25) is 9.80 Å². The van der Waals surface area contributed by atoms with Crippen LogP contribution in [0, 0.1) is 5.82 Å². The number of hydrogen-bond donors (Lipinski definition) is 1. The number of halogens is 2. The number of carbonyl (C=O) groups excluding carboxylic acids is 1. The molecule has 0 bridgehead atoms. The van der Waals surface area contributed by atoms with E-state index in [-0.39, 0.29) is 29.5 Å². The highest BCUT2D eigenvalue weighted by atomic mass is 35.5. The van der Waals surface area contributed by atoms with Crippen molar-refractivity contribution in [2.24, 2.45) is 5.84 Å². The first-order valence-electron chi connectivity index (χ1n) is 6.10. The molecular formula is C15H14ClFN2O. The lowest BCUT2D eigenvalue weighted by Gasteiger charge is -2.17. The molecule has 0 radical (unpaired) electrons. The smallest absolute Gasteiger partial charge is 0.241 e. The number of rotatable bonds is 4. The van der Waals surface area contributed by atoms with Gasteiger partial charge in [0.1, 0.15) is 5.82 Å². The zero-order valence-corrected chi connectivity index (χ0v) is 11.5. The zero-order valence-electron chi connectivity index (χ0n) is 10.7. The van der Waals surface area contributed by atoms with Crippen LogP contribution in [0.3, 0.4) is 0 Å². The summed E-state index contributed by atoms with van der Waals surface area (Å²) in [5.74, 6) is 4.83. The van der Waals surface area contributed by atoms with Gasteiger partial charge in [-0.15, -0.1) is 0 Å². The molecule has 0 heterocycles. The highest BCUT2D eigenvalue weighted by molar-refractivity contribution is 6.31. The van der Waals surface area contributed by atoms with Crippen LogP contribution in [0.1, 0.15) is 11.1 Å². The van der Waals surface area contributed by atoms with Gasteiger partial charge in [0.15, 0.2) is 0 Å². The van der Waals surface area contributed by atoms with E-state index in [1.807, 2.05) is 30.3 Å². The van der Waals surface area contributed by atoms with E-state index in [4.69, 9.17) is 17.4 Å². The van der Waals surface area contributed by atoms with E-state index >= 15 is 0 Å². The van der Waals surface area contributed by atoms with E-state index < -0.39 is 5.82 Å². The maximum absolute atomic E-state index is 13.6. The lowest BCUT2D eigenvalue weighted by molar-refractivity contribution is -0.131. The standard InChI is InChI=1S/C15H14ClFN2O/c16-13-7-4-8-14(17)12(13)9-15(20)19(18)10-11-5-2-1-3-6-11/h1-8H,9-10,18H2. The number of nitrogens with zero attached hydrogens (tertiary/aromatic N) is 1. The van der Waals surface area contributed by atoms with Gasteiger partial charge in [0.2, 0.25) is 5.91 Å². The van der Waals surface area contributed by atoms with Gasteiger partial charge in [-0.25, -0.2) is 10.2 Å². The molecule has 1 amide bonds. The van der Waals surface area contributed by atoms with Crippen molar-refractivity contribution in [3.63, 3.8) is 0 Å². The van der Waals surface area contributed by atoms with Gasteiger partial charge in [0, 0.05) is 10.6 Å². The van der Waals surface area contributed by atoms with E-state index in [9.17, 15) is 9.18 Å². The first-order valence-corrected chi connectivity index (χ1v) is 6.47. The Balaban J connectivity index is 2.05. The second-order valence-electron chi connectivity index (χ2n) is 4.38. The van der Waals surface area contributed by atoms with Gasteiger partial charge in [-0.1, -0.05) is 48.0 Å². The van der Waals surface area contributed by atoms with E-state index in [1.54, 1.807) is 6.07 Å². The summed E-state index contributed by atoms with van der Waals surface area (Å²) >= 11 is 5.89. The molecule has 20 heavy (non-hydrogen) atoms. The fourth-order valence-corrected chi connectivity index (χ4v) is 2.05. The molecular weight excluding hydrogens is 279 g/mol. The summed E-state index contributed by atoms with van der Waals surface area (Å²) in [6, 6.07) is 13.6. The van der Waals surface area contributed by atoms with Crippen molar-refractivity contribution in [2.45, 2.75) is 13.0 Å². The largest absolute Gasteiger partial charge is 0.276 e. The summed E-state index contributed by atoms with van der Waals surface area (Å²) in [6.45, 7) is 0.270. The minimum Gasteiger partial charge on any atom is -0.276 e. The third-order valence-corrected chi connectivity index (χ3v) is 3.26. The highest BCUT2D eigenvalue weighted by Gasteiger charge is 2.15. The molecule has 0 aliphatic heterocycles. The molecule has 2 rings (SSSR count). The van der Waals surface area contributed by atoms with Crippen LogP contribution in [0.5, 0.6) is 0 Å².